The molecule has 3 unspecified atom stereocenters. The van der Waals surface area contributed by atoms with Crippen LogP contribution in [0.4, 0.5) is 0 Å². The van der Waals surface area contributed by atoms with E-state index in [0.29, 0.717) is 29.4 Å². The molecule has 2 aromatic rings. The number of Topliss-reactive ketones (excluding diaryl/α,β-unsaturated/α-hetero) is 1. The van der Waals surface area contributed by atoms with E-state index in [2.05, 4.69) is 44.9 Å². The van der Waals surface area contributed by atoms with Crippen molar-refractivity contribution in [2.45, 2.75) is 77.9 Å². The first-order valence-corrected chi connectivity index (χ1v) is 15.9. The number of epoxide rings is 1. The van der Waals surface area contributed by atoms with Gasteiger partial charge in [0, 0.05) is 29.5 Å². The lowest BCUT2D eigenvalue weighted by atomic mass is 9.43. The van der Waals surface area contributed by atoms with Gasteiger partial charge >= 0.3 is 0 Å². The highest BCUT2D eigenvalue weighted by molar-refractivity contribution is 5.94. The van der Waals surface area contributed by atoms with Crippen LogP contribution < -0.4 is 5.32 Å². The van der Waals surface area contributed by atoms with Gasteiger partial charge in [-0.3, -0.25) is 14.4 Å². The molecule has 7 heteroatoms. The average molecular weight is 586 g/mol. The Kier molecular flexibility index (Phi) is 8.50. The van der Waals surface area contributed by atoms with Gasteiger partial charge < -0.3 is 15.2 Å². The zero-order chi connectivity index (χ0) is 30.3. The minimum Gasteiger partial charge on any atom is -0.411 e. The van der Waals surface area contributed by atoms with Crippen LogP contribution in [0.15, 0.2) is 54.6 Å². The summed E-state index contributed by atoms with van der Waals surface area (Å²) in [4.78, 5) is 32.6. The SMILES string of the molecule is CC[C@@H]1[C@H](CO)ON(Cc2cccc(C#CCNC(=O)c3ccccc3)c2)[C@@H]1C(=O)[C@H]1[OH+]C1C1C[C@H]2CC([C@@H]1C)C2(C)C. The number of benzene rings is 2. The number of ether oxygens (including phenoxy) is 1. The number of hydrogen-bond acceptors (Lipinski definition) is 5. The topological polar surface area (TPSA) is 91.7 Å². The Bertz CT molecular complexity index is 1400. The van der Waals surface area contributed by atoms with Crippen molar-refractivity contribution in [3.05, 3.63) is 71.3 Å². The van der Waals surface area contributed by atoms with Crippen LogP contribution in [0.2, 0.25) is 0 Å². The van der Waals surface area contributed by atoms with Crippen LogP contribution in [0.1, 0.15) is 68.4 Å². The Labute approximate surface area is 255 Å². The predicted octanol–water partition coefficient (Wildman–Crippen LogP) is 4.14. The van der Waals surface area contributed by atoms with Crippen LogP contribution in [0.5, 0.6) is 0 Å². The molecule has 2 aromatic carbocycles. The molecule has 0 spiro atoms. The highest BCUT2D eigenvalue weighted by Crippen LogP contribution is 2.64. The maximum absolute atomic E-state index is 14.1. The fraction of sp³-hybridized carbons (Fsp3) is 0.556. The number of nitrogens with zero attached hydrogens (tertiary/aromatic N) is 1. The van der Waals surface area contributed by atoms with Gasteiger partial charge in [0.2, 0.25) is 11.9 Å². The molecule has 7 rings (SSSR count). The second-order valence-corrected chi connectivity index (χ2v) is 13.6. The Morgan fingerprint density at radius 3 is 2.63 bits per heavy atom. The molecule has 5 fully saturated rings. The largest absolute Gasteiger partial charge is 0.411 e. The van der Waals surface area contributed by atoms with E-state index in [1.54, 1.807) is 17.2 Å². The van der Waals surface area contributed by atoms with Crippen molar-refractivity contribution in [1.29, 1.82) is 0 Å². The number of aliphatic hydroxyl groups is 3. The van der Waals surface area contributed by atoms with E-state index in [1.807, 2.05) is 42.5 Å². The normalized spacial score (nSPS) is 34.0. The fourth-order valence-electron chi connectivity index (χ4n) is 8.31. The van der Waals surface area contributed by atoms with Gasteiger partial charge in [0.05, 0.1) is 13.2 Å². The monoisotopic (exact) mass is 585 g/mol. The molecule has 1 amide bonds. The quantitative estimate of drug-likeness (QED) is 0.262. The number of aliphatic hydroxyl groups excluding tert-OH is 1. The number of nitrogens with one attached hydrogen (secondary N) is 1. The number of carbonyl (C=O) groups excluding carboxylic acids is 2. The van der Waals surface area contributed by atoms with E-state index in [4.69, 9.17) is 9.57 Å². The van der Waals surface area contributed by atoms with Crippen LogP contribution in [-0.2, 0) is 16.2 Å². The molecule has 2 saturated heterocycles. The molecular formula is C36H45N2O5+. The molecule has 2 heterocycles. The Hall–Kier alpha value is -3.02. The van der Waals surface area contributed by atoms with Gasteiger partial charge in [-0.2, -0.15) is 5.06 Å². The van der Waals surface area contributed by atoms with Gasteiger partial charge in [-0.05, 0) is 72.3 Å². The fourth-order valence-corrected chi connectivity index (χ4v) is 8.31. The lowest BCUT2D eigenvalue weighted by Gasteiger charge is -2.61. The second kappa shape index (κ2) is 12.2. The van der Waals surface area contributed by atoms with Crippen molar-refractivity contribution in [2.75, 3.05) is 13.2 Å². The van der Waals surface area contributed by atoms with E-state index >= 15 is 0 Å². The number of ketones is 1. The number of carbonyl (C=O) groups is 2. The standard InChI is InChI=1S/C36H44N2O5/c1-5-27-30(21-39)43-38(31(27)32(40)34-33(42-34)28-18-26-19-29(22(28)2)36(26,3)4)20-24-12-9-11-23(17-24)13-10-16-37-35(41)25-14-7-6-8-15-25/h6-9,11-12,14-15,17,22,26-31,33-34,39H,5,16,18-21H2,1-4H3,(H,37,41)/p+1/t22-,26+,27-,28?,29?,30+,31+,33?,34-/m1/s1. The molecule has 2 bridgehead atoms. The third kappa shape index (κ3) is 5.79. The molecule has 0 aromatic heterocycles. The molecule has 228 valence electrons. The van der Waals surface area contributed by atoms with Crippen molar-refractivity contribution in [1.82, 2.24) is 10.4 Å². The Balaban J connectivity index is 1.11. The molecule has 3 N–H and O–H groups in total. The van der Waals surface area contributed by atoms with Crippen molar-refractivity contribution in [2.24, 2.45) is 35.0 Å². The Morgan fingerprint density at radius 1 is 1.14 bits per heavy atom. The maximum Gasteiger partial charge on any atom is 0.288 e. The summed E-state index contributed by atoms with van der Waals surface area (Å²) in [5, 5.41) is 14.7. The minimum atomic E-state index is -0.436. The number of amides is 1. The van der Waals surface area contributed by atoms with Gasteiger partial charge in [0.25, 0.3) is 12.0 Å². The second-order valence-electron chi connectivity index (χ2n) is 13.6. The first-order chi connectivity index (χ1) is 20.7. The number of hydrogen-bond donors (Lipinski definition) is 2. The third-order valence-electron chi connectivity index (χ3n) is 11.0. The number of fused-ring (bicyclic) bond motifs is 2. The molecule has 9 atom stereocenters. The van der Waals surface area contributed by atoms with Crippen LogP contribution >= 0.6 is 0 Å². The van der Waals surface area contributed by atoms with Crippen LogP contribution in [0, 0.1) is 46.8 Å². The van der Waals surface area contributed by atoms with Crippen molar-refractivity contribution in [3.8, 4) is 11.8 Å². The summed E-state index contributed by atoms with van der Waals surface area (Å²) < 4.78 is 4.88. The lowest BCUT2D eigenvalue weighted by molar-refractivity contribution is -0.181. The first kappa shape index (κ1) is 30.0. The molecule has 43 heavy (non-hydrogen) atoms. The summed E-state index contributed by atoms with van der Waals surface area (Å²) in [5.74, 6) is 8.62. The van der Waals surface area contributed by atoms with Crippen molar-refractivity contribution < 1.29 is 24.3 Å². The van der Waals surface area contributed by atoms with Crippen molar-refractivity contribution >= 4 is 11.7 Å². The van der Waals surface area contributed by atoms with E-state index in [1.165, 1.54) is 12.8 Å². The average Bonchev–Trinajstić information content (AvgIpc) is 3.73. The summed E-state index contributed by atoms with van der Waals surface area (Å²) in [7, 11) is 0. The van der Waals surface area contributed by atoms with Crippen LogP contribution in [0.25, 0.3) is 0 Å². The predicted molar refractivity (Wildman–Crippen MR) is 165 cm³/mol. The lowest BCUT2D eigenvalue weighted by Crippen LogP contribution is -2.56. The van der Waals surface area contributed by atoms with Gasteiger partial charge in [-0.25, -0.2) is 0 Å². The van der Waals surface area contributed by atoms with Crippen LogP contribution in [-0.4, -0.2) is 64.1 Å². The highest BCUT2D eigenvalue weighted by atomic mass is 16.7. The highest BCUT2D eigenvalue weighted by Gasteiger charge is 2.68. The zero-order valence-corrected chi connectivity index (χ0v) is 25.7. The number of rotatable bonds is 9. The molecule has 2 aliphatic heterocycles. The van der Waals surface area contributed by atoms with Gasteiger partial charge in [0.1, 0.15) is 12.1 Å². The maximum atomic E-state index is 14.1. The third-order valence-corrected chi connectivity index (χ3v) is 11.0. The molecule has 7 nitrogen and oxygen atoms in total. The smallest absolute Gasteiger partial charge is 0.288 e. The summed E-state index contributed by atoms with van der Waals surface area (Å²) >= 11 is 0. The van der Waals surface area contributed by atoms with Gasteiger partial charge in [-0.1, -0.05) is 69.9 Å². The Morgan fingerprint density at radius 2 is 1.93 bits per heavy atom. The van der Waals surface area contributed by atoms with Gasteiger partial charge in [0.15, 0.2) is 0 Å². The van der Waals surface area contributed by atoms with E-state index in [9.17, 15) is 14.7 Å². The van der Waals surface area contributed by atoms with Crippen LogP contribution in [0.3, 0.4) is 0 Å². The molecule has 5 aliphatic rings. The van der Waals surface area contributed by atoms with E-state index in [0.717, 1.165) is 29.4 Å². The van der Waals surface area contributed by atoms with E-state index in [-0.39, 0.29) is 43.0 Å². The zero-order valence-electron chi connectivity index (χ0n) is 25.7. The summed E-state index contributed by atoms with van der Waals surface area (Å²) in [6.45, 7) is 9.78. The molecule has 3 aliphatic carbocycles. The first-order valence-electron chi connectivity index (χ1n) is 15.9. The molecular weight excluding hydrogens is 540 g/mol. The summed E-state index contributed by atoms with van der Waals surface area (Å²) in [5.41, 5.74) is 2.81. The molecule has 0 radical (unpaired) electrons. The molecule has 3 saturated carbocycles. The van der Waals surface area contributed by atoms with Crippen molar-refractivity contribution in [3.63, 3.8) is 0 Å². The minimum absolute atomic E-state index is 0.0822. The number of hydroxylamine groups is 2. The summed E-state index contributed by atoms with van der Waals surface area (Å²) in [6.07, 6.45) is 2.69. The van der Waals surface area contributed by atoms with E-state index < -0.39 is 12.1 Å². The summed E-state index contributed by atoms with van der Waals surface area (Å²) in [6, 6.07) is 16.5. The van der Waals surface area contributed by atoms with Gasteiger partial charge in [-0.15, -0.1) is 0 Å².